The van der Waals surface area contributed by atoms with E-state index in [-0.39, 0.29) is 6.10 Å². The Morgan fingerprint density at radius 1 is 1.05 bits per heavy atom. The summed E-state index contributed by atoms with van der Waals surface area (Å²) in [6.07, 6.45) is 4.60. The quantitative estimate of drug-likeness (QED) is 0.843. The summed E-state index contributed by atoms with van der Waals surface area (Å²) >= 11 is 0. The van der Waals surface area contributed by atoms with Gasteiger partial charge in [0.25, 0.3) is 0 Å². The minimum Gasteiger partial charge on any atom is -0.393 e. The fourth-order valence-corrected chi connectivity index (χ4v) is 3.85. The van der Waals surface area contributed by atoms with E-state index in [4.69, 9.17) is 0 Å². The van der Waals surface area contributed by atoms with E-state index >= 15 is 0 Å². The third-order valence-electron chi connectivity index (χ3n) is 5.47. The summed E-state index contributed by atoms with van der Waals surface area (Å²) in [5, 5.41) is 10.4. The fourth-order valence-electron chi connectivity index (χ4n) is 3.85. The maximum atomic E-state index is 10.4. The van der Waals surface area contributed by atoms with Crippen molar-refractivity contribution in [1.82, 2.24) is 9.80 Å². The van der Waals surface area contributed by atoms with Gasteiger partial charge in [0.15, 0.2) is 0 Å². The van der Waals surface area contributed by atoms with Crippen LogP contribution in [0.25, 0.3) is 0 Å². The molecule has 3 heteroatoms. The van der Waals surface area contributed by atoms with E-state index < -0.39 is 0 Å². The van der Waals surface area contributed by atoms with Gasteiger partial charge < -0.3 is 14.9 Å². The normalized spacial score (nSPS) is 35.0. The Morgan fingerprint density at radius 2 is 1.80 bits per heavy atom. The van der Waals surface area contributed by atoms with Crippen LogP contribution in [0.1, 0.15) is 46.5 Å². The first-order chi connectivity index (χ1) is 9.36. The molecule has 20 heavy (non-hydrogen) atoms. The van der Waals surface area contributed by atoms with Crippen molar-refractivity contribution < 1.29 is 5.11 Å². The predicted molar refractivity (Wildman–Crippen MR) is 84.8 cm³/mol. The zero-order chi connectivity index (χ0) is 14.8. The van der Waals surface area contributed by atoms with Crippen molar-refractivity contribution in [3.8, 4) is 0 Å². The van der Waals surface area contributed by atoms with Gasteiger partial charge in [0.05, 0.1) is 6.10 Å². The molecule has 2 rings (SSSR count). The second kappa shape index (κ2) is 6.76. The summed E-state index contributed by atoms with van der Waals surface area (Å²) in [5.41, 5.74) is 0.386. The molecule has 2 aliphatic rings. The third-order valence-corrected chi connectivity index (χ3v) is 5.47. The molecule has 118 valence electrons. The van der Waals surface area contributed by atoms with E-state index in [0.29, 0.717) is 11.3 Å². The van der Waals surface area contributed by atoms with Gasteiger partial charge in [-0.15, -0.1) is 0 Å². The largest absolute Gasteiger partial charge is 0.393 e. The van der Waals surface area contributed by atoms with Crippen molar-refractivity contribution in [2.45, 2.75) is 52.6 Å². The van der Waals surface area contributed by atoms with Gasteiger partial charge in [0.1, 0.15) is 0 Å². The molecule has 3 atom stereocenters. The van der Waals surface area contributed by atoms with Gasteiger partial charge in [-0.2, -0.15) is 0 Å². The average Bonchev–Trinajstić information content (AvgIpc) is 2.56. The van der Waals surface area contributed by atoms with Gasteiger partial charge in [0, 0.05) is 19.6 Å². The monoisotopic (exact) mass is 282 g/mol. The zero-order valence-corrected chi connectivity index (χ0v) is 13.9. The van der Waals surface area contributed by atoms with Crippen molar-refractivity contribution in [3.63, 3.8) is 0 Å². The molecule has 3 nitrogen and oxygen atoms in total. The summed E-state index contributed by atoms with van der Waals surface area (Å²) < 4.78 is 0. The first-order valence-electron chi connectivity index (χ1n) is 8.45. The lowest BCUT2D eigenvalue weighted by atomic mass is 9.68. The van der Waals surface area contributed by atoms with Crippen molar-refractivity contribution in [2.24, 2.45) is 17.3 Å². The van der Waals surface area contributed by atoms with Gasteiger partial charge in [-0.1, -0.05) is 20.8 Å². The number of rotatable bonds is 2. The highest BCUT2D eigenvalue weighted by molar-refractivity contribution is 4.87. The van der Waals surface area contributed by atoms with Crippen LogP contribution >= 0.6 is 0 Å². The molecule has 0 aromatic heterocycles. The minimum atomic E-state index is -0.0745. The Labute approximate surface area is 125 Å². The number of aliphatic hydroxyl groups excluding tert-OH is 1. The van der Waals surface area contributed by atoms with Crippen molar-refractivity contribution in [2.75, 3.05) is 39.8 Å². The molecule has 1 N–H and O–H groups in total. The Balaban J connectivity index is 1.89. The molecule has 3 unspecified atom stereocenters. The minimum absolute atomic E-state index is 0.0745. The standard InChI is InChI=1S/C17H34N2O/c1-17(2,3)15-6-7-16(20)14(12-15)13-19-9-5-8-18(4)10-11-19/h14-16,20H,5-13H2,1-4H3. The Kier molecular flexibility index (Phi) is 5.49. The smallest absolute Gasteiger partial charge is 0.0580 e. The molecule has 2 fully saturated rings. The lowest BCUT2D eigenvalue weighted by Gasteiger charge is -2.41. The van der Waals surface area contributed by atoms with Crippen LogP contribution in [0.15, 0.2) is 0 Å². The predicted octanol–water partition coefficient (Wildman–Crippen LogP) is 2.45. The molecule has 1 aliphatic heterocycles. The lowest BCUT2D eigenvalue weighted by Crippen LogP contribution is -2.42. The van der Waals surface area contributed by atoms with Crippen LogP contribution in [0.3, 0.4) is 0 Å². The molecule has 0 spiro atoms. The van der Waals surface area contributed by atoms with Gasteiger partial charge >= 0.3 is 0 Å². The van der Waals surface area contributed by atoms with Crippen molar-refractivity contribution in [3.05, 3.63) is 0 Å². The van der Waals surface area contributed by atoms with Crippen LogP contribution in [0, 0.1) is 17.3 Å². The van der Waals surface area contributed by atoms with Gasteiger partial charge in [-0.25, -0.2) is 0 Å². The lowest BCUT2D eigenvalue weighted by molar-refractivity contribution is 0.00384. The average molecular weight is 282 g/mol. The molecule has 0 aromatic carbocycles. The summed E-state index contributed by atoms with van der Waals surface area (Å²) in [5.74, 6) is 1.25. The van der Waals surface area contributed by atoms with Gasteiger partial charge in [-0.05, 0) is 63.1 Å². The second-order valence-corrected chi connectivity index (χ2v) is 8.16. The Bertz CT molecular complexity index is 300. The number of hydrogen-bond acceptors (Lipinski definition) is 3. The van der Waals surface area contributed by atoms with Gasteiger partial charge in [-0.3, -0.25) is 0 Å². The van der Waals surface area contributed by atoms with Crippen LogP contribution in [-0.2, 0) is 0 Å². The zero-order valence-electron chi connectivity index (χ0n) is 13.9. The van der Waals surface area contributed by atoms with E-state index in [1.165, 1.54) is 45.4 Å². The second-order valence-electron chi connectivity index (χ2n) is 8.16. The summed E-state index contributed by atoms with van der Waals surface area (Å²) in [6, 6.07) is 0. The fraction of sp³-hybridized carbons (Fsp3) is 1.00. The molecule has 1 aliphatic carbocycles. The van der Waals surface area contributed by atoms with E-state index in [1.54, 1.807) is 0 Å². The third kappa shape index (κ3) is 4.44. The molecule has 0 radical (unpaired) electrons. The van der Waals surface area contributed by atoms with Crippen LogP contribution in [0.5, 0.6) is 0 Å². The van der Waals surface area contributed by atoms with Crippen LogP contribution < -0.4 is 0 Å². The number of hydrogen-bond donors (Lipinski definition) is 1. The SMILES string of the molecule is CN1CCCN(CC2CC(C(C)(C)C)CCC2O)CC1. The van der Waals surface area contributed by atoms with Crippen molar-refractivity contribution in [1.29, 1.82) is 0 Å². The summed E-state index contributed by atoms with van der Waals surface area (Å²) in [4.78, 5) is 5.01. The first-order valence-corrected chi connectivity index (χ1v) is 8.45. The van der Waals surface area contributed by atoms with E-state index in [1.807, 2.05) is 0 Å². The summed E-state index contributed by atoms with van der Waals surface area (Å²) in [7, 11) is 2.22. The summed E-state index contributed by atoms with van der Waals surface area (Å²) in [6.45, 7) is 12.9. The molecule has 1 heterocycles. The number of likely N-dealkylation sites (N-methyl/N-ethyl adjacent to an activating group) is 1. The topological polar surface area (TPSA) is 26.7 Å². The molecular formula is C17H34N2O. The highest BCUT2D eigenvalue weighted by Gasteiger charge is 2.35. The van der Waals surface area contributed by atoms with Crippen LogP contribution in [0.2, 0.25) is 0 Å². The first kappa shape index (κ1) is 16.3. The van der Waals surface area contributed by atoms with Crippen LogP contribution in [0.4, 0.5) is 0 Å². The van der Waals surface area contributed by atoms with Gasteiger partial charge in [0.2, 0.25) is 0 Å². The Morgan fingerprint density at radius 3 is 2.50 bits per heavy atom. The molecule has 0 bridgehead atoms. The van der Waals surface area contributed by atoms with Crippen LogP contribution in [-0.4, -0.2) is 60.8 Å². The van der Waals surface area contributed by atoms with Crippen molar-refractivity contribution >= 4 is 0 Å². The molecule has 1 saturated heterocycles. The highest BCUT2D eigenvalue weighted by Crippen LogP contribution is 2.40. The molecule has 1 saturated carbocycles. The van der Waals surface area contributed by atoms with E-state index in [9.17, 15) is 5.11 Å². The molecule has 0 aromatic rings. The number of aliphatic hydroxyl groups is 1. The van der Waals surface area contributed by atoms with E-state index in [0.717, 1.165) is 18.9 Å². The maximum Gasteiger partial charge on any atom is 0.0580 e. The molecular weight excluding hydrogens is 248 g/mol. The van der Waals surface area contributed by atoms with E-state index in [2.05, 4.69) is 37.6 Å². The number of nitrogens with zero attached hydrogens (tertiary/aromatic N) is 2. The molecule has 0 amide bonds. The highest BCUT2D eigenvalue weighted by atomic mass is 16.3. The Hall–Kier alpha value is -0.120. The maximum absolute atomic E-state index is 10.4.